The third-order valence-electron chi connectivity index (χ3n) is 5.76. The van der Waals surface area contributed by atoms with Gasteiger partial charge in [-0.15, -0.1) is 0 Å². The third-order valence-corrected chi connectivity index (χ3v) is 7.59. The van der Waals surface area contributed by atoms with Gasteiger partial charge in [0, 0.05) is 46.3 Å². The molecule has 2 fully saturated rings. The summed E-state index contributed by atoms with van der Waals surface area (Å²) >= 11 is 0. The summed E-state index contributed by atoms with van der Waals surface area (Å²) in [7, 11) is -0.926. The van der Waals surface area contributed by atoms with Crippen LogP contribution in [0, 0.1) is 0 Å². The van der Waals surface area contributed by atoms with Crippen molar-refractivity contribution in [2.24, 2.45) is 0 Å². The van der Waals surface area contributed by atoms with Crippen LogP contribution < -0.4 is 10.1 Å². The van der Waals surface area contributed by atoms with Crippen molar-refractivity contribution >= 4 is 22.4 Å². The Morgan fingerprint density at radius 1 is 1.03 bits per heavy atom. The molecule has 160 valence electrons. The van der Waals surface area contributed by atoms with E-state index in [9.17, 15) is 9.00 Å². The summed E-state index contributed by atoms with van der Waals surface area (Å²) in [5.41, 5.74) is 2.27. The quantitative estimate of drug-likeness (QED) is 0.696. The first kappa shape index (κ1) is 21.1. The van der Waals surface area contributed by atoms with Gasteiger partial charge in [-0.25, -0.2) is 0 Å². The lowest BCUT2D eigenvalue weighted by Crippen LogP contribution is -2.25. The zero-order chi connectivity index (χ0) is 20.8. The maximum absolute atomic E-state index is 12.6. The van der Waals surface area contributed by atoms with Gasteiger partial charge in [0.25, 0.3) is 5.91 Å². The maximum Gasteiger partial charge on any atom is 0.255 e. The van der Waals surface area contributed by atoms with E-state index in [0.717, 1.165) is 37.0 Å². The highest BCUT2D eigenvalue weighted by Crippen LogP contribution is 2.24. The molecule has 1 aliphatic carbocycles. The lowest BCUT2D eigenvalue weighted by atomic mass is 10.2. The van der Waals surface area contributed by atoms with Crippen LogP contribution in [0.25, 0.3) is 0 Å². The highest BCUT2D eigenvalue weighted by atomic mass is 32.2. The zero-order valence-electron chi connectivity index (χ0n) is 17.2. The Balaban J connectivity index is 1.33. The van der Waals surface area contributed by atoms with Crippen molar-refractivity contribution in [2.45, 2.75) is 55.6 Å². The minimum atomic E-state index is -0.926. The Kier molecular flexibility index (Phi) is 7.18. The summed E-state index contributed by atoms with van der Waals surface area (Å²) in [4.78, 5) is 12.6. The van der Waals surface area contributed by atoms with Crippen molar-refractivity contribution in [1.82, 2.24) is 0 Å². The molecule has 0 bridgehead atoms. The normalized spacial score (nSPS) is 18.8. The molecule has 1 unspecified atom stereocenters. The van der Waals surface area contributed by atoms with Crippen molar-refractivity contribution in [3.05, 3.63) is 59.7 Å². The average Bonchev–Trinajstić information content (AvgIpc) is 3.28. The fraction of sp³-hybridized carbons (Fsp3) is 0.458. The van der Waals surface area contributed by atoms with Crippen LogP contribution in [0.15, 0.2) is 48.5 Å². The van der Waals surface area contributed by atoms with E-state index < -0.39 is 10.8 Å². The number of carbonyl (C=O) groups excluding carboxylic acids is 1. The van der Waals surface area contributed by atoms with E-state index in [1.165, 1.54) is 12.8 Å². The molecule has 6 heteroatoms. The van der Waals surface area contributed by atoms with Crippen LogP contribution in [0.5, 0.6) is 5.75 Å². The molecule has 0 spiro atoms. The number of nitrogens with one attached hydrogen (secondary N) is 1. The fourth-order valence-corrected chi connectivity index (χ4v) is 5.51. The van der Waals surface area contributed by atoms with E-state index in [0.29, 0.717) is 36.3 Å². The molecule has 2 aliphatic rings. The number of rotatable bonds is 7. The Bertz CT molecular complexity index is 871. The first-order valence-corrected chi connectivity index (χ1v) is 12.2. The van der Waals surface area contributed by atoms with Crippen molar-refractivity contribution in [3.8, 4) is 5.75 Å². The molecule has 1 saturated carbocycles. The Morgan fingerprint density at radius 2 is 1.77 bits per heavy atom. The third kappa shape index (κ3) is 5.70. The van der Waals surface area contributed by atoms with Gasteiger partial charge in [0.15, 0.2) is 0 Å². The van der Waals surface area contributed by atoms with Crippen LogP contribution in [-0.2, 0) is 21.3 Å². The standard InChI is InChI=1S/C24H29NO4S/c26-24(19-8-10-22(11-9-19)29-21-6-1-2-7-21)25-20-5-3-4-18(16-20)17-30(27)23-12-14-28-15-13-23/h3-5,8-11,16,21,23H,1-2,6-7,12-15,17H2,(H,25,26). The summed E-state index contributed by atoms with van der Waals surface area (Å²) in [5, 5.41) is 3.14. The molecule has 0 aromatic heterocycles. The van der Waals surface area contributed by atoms with Crippen molar-refractivity contribution in [1.29, 1.82) is 0 Å². The van der Waals surface area contributed by atoms with Crippen LogP contribution in [0.4, 0.5) is 5.69 Å². The predicted octanol–water partition coefficient (Wildman–Crippen LogP) is 4.69. The predicted molar refractivity (Wildman–Crippen MR) is 119 cm³/mol. The molecular weight excluding hydrogens is 398 g/mol. The number of benzene rings is 2. The van der Waals surface area contributed by atoms with Gasteiger partial charge in [-0.05, 0) is 80.5 Å². The van der Waals surface area contributed by atoms with Crippen molar-refractivity contribution in [3.63, 3.8) is 0 Å². The number of anilines is 1. The molecule has 0 radical (unpaired) electrons. The lowest BCUT2D eigenvalue weighted by molar-refractivity contribution is 0.0991. The average molecular weight is 428 g/mol. The van der Waals surface area contributed by atoms with E-state index in [1.54, 1.807) is 12.1 Å². The summed E-state index contributed by atoms with van der Waals surface area (Å²) in [6.07, 6.45) is 6.68. The van der Waals surface area contributed by atoms with Gasteiger partial charge in [0.1, 0.15) is 5.75 Å². The van der Waals surface area contributed by atoms with Gasteiger partial charge in [-0.2, -0.15) is 0 Å². The molecule has 2 aromatic carbocycles. The van der Waals surface area contributed by atoms with Crippen LogP contribution in [0.1, 0.15) is 54.4 Å². The smallest absolute Gasteiger partial charge is 0.255 e. The number of amides is 1. The van der Waals surface area contributed by atoms with Gasteiger partial charge in [0.2, 0.25) is 0 Å². The number of hydrogen-bond donors (Lipinski definition) is 1. The van der Waals surface area contributed by atoms with Crippen LogP contribution in [-0.4, -0.2) is 34.7 Å². The highest BCUT2D eigenvalue weighted by Gasteiger charge is 2.20. The Labute approximate surface area is 180 Å². The molecular formula is C24H29NO4S. The molecule has 2 aromatic rings. The summed E-state index contributed by atoms with van der Waals surface area (Å²) in [6.45, 7) is 1.38. The first-order chi connectivity index (χ1) is 14.7. The topological polar surface area (TPSA) is 64.6 Å². The maximum atomic E-state index is 12.6. The van der Waals surface area contributed by atoms with Crippen LogP contribution in [0.2, 0.25) is 0 Å². The number of ether oxygens (including phenoxy) is 2. The molecule has 1 aliphatic heterocycles. The lowest BCUT2D eigenvalue weighted by Gasteiger charge is -2.21. The molecule has 30 heavy (non-hydrogen) atoms. The molecule has 1 amide bonds. The second-order valence-electron chi connectivity index (χ2n) is 8.04. The second-order valence-corrected chi connectivity index (χ2v) is 9.76. The van der Waals surface area contributed by atoms with Crippen LogP contribution in [0.3, 0.4) is 0 Å². The van der Waals surface area contributed by atoms with Crippen LogP contribution >= 0.6 is 0 Å². The van der Waals surface area contributed by atoms with E-state index in [1.807, 2.05) is 36.4 Å². The van der Waals surface area contributed by atoms with Gasteiger partial charge in [-0.1, -0.05) is 12.1 Å². The monoisotopic (exact) mass is 427 g/mol. The summed E-state index contributed by atoms with van der Waals surface area (Å²) < 4.78 is 24.0. The van der Waals surface area contributed by atoms with E-state index in [2.05, 4.69) is 5.32 Å². The Morgan fingerprint density at radius 3 is 2.50 bits per heavy atom. The first-order valence-electron chi connectivity index (χ1n) is 10.8. The largest absolute Gasteiger partial charge is 0.490 e. The molecule has 1 heterocycles. The van der Waals surface area contributed by atoms with Crippen molar-refractivity contribution in [2.75, 3.05) is 18.5 Å². The van der Waals surface area contributed by atoms with E-state index in [-0.39, 0.29) is 11.2 Å². The Hall–Kier alpha value is -2.18. The second kappa shape index (κ2) is 10.2. The van der Waals surface area contributed by atoms with E-state index >= 15 is 0 Å². The highest BCUT2D eigenvalue weighted by molar-refractivity contribution is 7.84. The van der Waals surface area contributed by atoms with Gasteiger partial charge < -0.3 is 14.8 Å². The molecule has 4 rings (SSSR count). The minimum Gasteiger partial charge on any atom is -0.490 e. The molecule has 5 nitrogen and oxygen atoms in total. The number of hydrogen-bond acceptors (Lipinski definition) is 4. The molecule has 1 N–H and O–H groups in total. The SMILES string of the molecule is O=C(Nc1cccc(CS(=O)C2CCOCC2)c1)c1ccc(OC2CCCC2)cc1. The van der Waals surface area contributed by atoms with Gasteiger partial charge >= 0.3 is 0 Å². The van der Waals surface area contributed by atoms with Crippen molar-refractivity contribution < 1.29 is 18.5 Å². The number of carbonyl (C=O) groups is 1. The van der Waals surface area contributed by atoms with Gasteiger partial charge in [0.05, 0.1) is 6.10 Å². The molecule has 1 saturated heterocycles. The van der Waals surface area contributed by atoms with Gasteiger partial charge in [-0.3, -0.25) is 9.00 Å². The minimum absolute atomic E-state index is 0.162. The summed E-state index contributed by atoms with van der Waals surface area (Å²) in [5.74, 6) is 1.16. The zero-order valence-corrected chi connectivity index (χ0v) is 18.0. The van der Waals surface area contributed by atoms with E-state index in [4.69, 9.17) is 9.47 Å². The molecule has 1 atom stereocenters. The fourth-order valence-electron chi connectivity index (χ4n) is 4.05. The summed E-state index contributed by atoms with van der Waals surface area (Å²) in [6, 6.07) is 14.9.